The smallest absolute Gasteiger partial charge is 0.246 e. The molecule has 2 aromatic rings. The van der Waals surface area contributed by atoms with Crippen molar-refractivity contribution in [3.05, 3.63) is 36.2 Å². The van der Waals surface area contributed by atoms with Crippen LogP contribution in [-0.4, -0.2) is 52.8 Å². The van der Waals surface area contributed by atoms with Crippen LogP contribution in [0, 0.1) is 5.92 Å². The number of hydrogen-bond donors (Lipinski definition) is 0. The fourth-order valence-electron chi connectivity index (χ4n) is 3.93. The lowest BCUT2D eigenvalue weighted by Crippen LogP contribution is -2.45. The van der Waals surface area contributed by atoms with Gasteiger partial charge in [0.1, 0.15) is 5.52 Å². The molecule has 1 aromatic heterocycles. The van der Waals surface area contributed by atoms with Gasteiger partial charge in [0.15, 0.2) is 5.58 Å². The van der Waals surface area contributed by atoms with E-state index in [1.165, 1.54) is 12.5 Å². The highest BCUT2D eigenvalue weighted by atomic mass is 16.3. The van der Waals surface area contributed by atoms with E-state index >= 15 is 0 Å². The quantitative estimate of drug-likeness (QED) is 0.782. The number of hydrogen-bond acceptors (Lipinski definition) is 4. The Morgan fingerprint density at radius 2 is 1.74 bits per heavy atom. The number of carbonyl (C=O) groups is 2. The highest BCUT2D eigenvalue weighted by Gasteiger charge is 2.30. The number of rotatable bonds is 3. The summed E-state index contributed by atoms with van der Waals surface area (Å²) in [7, 11) is 0. The average Bonchev–Trinajstić information content (AvgIpc) is 3.15. The van der Waals surface area contributed by atoms with Crippen LogP contribution >= 0.6 is 0 Å². The van der Waals surface area contributed by atoms with Crippen LogP contribution < -0.4 is 0 Å². The Morgan fingerprint density at radius 3 is 2.48 bits per heavy atom. The molecule has 6 heteroatoms. The summed E-state index contributed by atoms with van der Waals surface area (Å²) in [5, 5.41) is 0. The third kappa shape index (κ3) is 4.04. The van der Waals surface area contributed by atoms with Gasteiger partial charge >= 0.3 is 0 Å². The Hall–Kier alpha value is -2.63. The molecule has 3 heterocycles. The fourth-order valence-corrected chi connectivity index (χ4v) is 3.93. The Labute approximate surface area is 158 Å². The van der Waals surface area contributed by atoms with E-state index in [1.807, 2.05) is 29.2 Å². The van der Waals surface area contributed by atoms with Crippen LogP contribution in [0.4, 0.5) is 0 Å². The molecule has 0 N–H and O–H groups in total. The number of oxazole rings is 1. The first-order valence-corrected chi connectivity index (χ1v) is 9.82. The normalized spacial score (nSPS) is 19.1. The van der Waals surface area contributed by atoms with Crippen molar-refractivity contribution in [1.82, 2.24) is 14.8 Å². The van der Waals surface area contributed by atoms with Crippen LogP contribution in [0.25, 0.3) is 17.2 Å². The highest BCUT2D eigenvalue weighted by molar-refractivity contribution is 5.91. The molecule has 2 aliphatic rings. The van der Waals surface area contributed by atoms with Crippen molar-refractivity contribution in [2.45, 2.75) is 32.1 Å². The van der Waals surface area contributed by atoms with Crippen LogP contribution in [0.15, 0.2) is 34.8 Å². The van der Waals surface area contributed by atoms with Gasteiger partial charge in [-0.15, -0.1) is 0 Å². The second kappa shape index (κ2) is 7.94. The summed E-state index contributed by atoms with van der Waals surface area (Å²) in [6.45, 7) is 3.04. The first-order valence-electron chi connectivity index (χ1n) is 9.82. The zero-order valence-corrected chi connectivity index (χ0v) is 15.5. The molecule has 2 amide bonds. The molecule has 0 bridgehead atoms. The van der Waals surface area contributed by atoms with E-state index in [0.29, 0.717) is 24.6 Å². The van der Waals surface area contributed by atoms with Crippen LogP contribution in [0.2, 0.25) is 0 Å². The summed E-state index contributed by atoms with van der Waals surface area (Å²) >= 11 is 0. The van der Waals surface area contributed by atoms with Crippen molar-refractivity contribution in [3.63, 3.8) is 0 Å². The van der Waals surface area contributed by atoms with E-state index in [4.69, 9.17) is 4.42 Å². The van der Waals surface area contributed by atoms with Crippen molar-refractivity contribution in [3.8, 4) is 0 Å². The summed E-state index contributed by atoms with van der Waals surface area (Å²) in [5.74, 6) is 0.720. The molecule has 0 saturated carbocycles. The summed E-state index contributed by atoms with van der Waals surface area (Å²) in [6, 6.07) is 7.52. The summed E-state index contributed by atoms with van der Waals surface area (Å²) < 4.78 is 5.60. The van der Waals surface area contributed by atoms with Gasteiger partial charge < -0.3 is 14.2 Å². The molecule has 0 atom stereocenters. The second-order valence-electron chi connectivity index (χ2n) is 7.34. The maximum Gasteiger partial charge on any atom is 0.246 e. The molecule has 6 nitrogen and oxygen atoms in total. The third-order valence-corrected chi connectivity index (χ3v) is 5.50. The van der Waals surface area contributed by atoms with Crippen LogP contribution in [0.1, 0.15) is 38.0 Å². The van der Waals surface area contributed by atoms with E-state index in [1.54, 1.807) is 11.0 Å². The number of para-hydroxylation sites is 2. The molecule has 2 saturated heterocycles. The first-order chi connectivity index (χ1) is 13.2. The average molecular weight is 367 g/mol. The summed E-state index contributed by atoms with van der Waals surface area (Å²) in [4.78, 5) is 33.2. The molecule has 0 spiro atoms. The Balaban J connectivity index is 1.31. The molecule has 0 unspecified atom stereocenters. The van der Waals surface area contributed by atoms with Gasteiger partial charge in [0.05, 0.1) is 0 Å². The van der Waals surface area contributed by atoms with Crippen molar-refractivity contribution >= 4 is 29.0 Å². The van der Waals surface area contributed by atoms with Crippen molar-refractivity contribution in [1.29, 1.82) is 0 Å². The van der Waals surface area contributed by atoms with Gasteiger partial charge in [-0.2, -0.15) is 0 Å². The van der Waals surface area contributed by atoms with Gasteiger partial charge in [0.2, 0.25) is 17.7 Å². The Kier molecular flexibility index (Phi) is 5.23. The van der Waals surface area contributed by atoms with E-state index in [9.17, 15) is 9.59 Å². The molecule has 4 rings (SSSR count). The van der Waals surface area contributed by atoms with E-state index in [0.717, 1.165) is 44.3 Å². The standard InChI is InChI=1S/C21H25N3O3/c25-20(9-8-19-22-17-6-2-3-7-18(17)27-19)23-14-10-16(11-15-23)21(26)24-12-4-1-5-13-24/h2-3,6-9,16H,1,4-5,10-15H2/b9-8+. The molecule has 27 heavy (non-hydrogen) atoms. The molecule has 1 aromatic carbocycles. The number of piperidine rings is 2. The minimum atomic E-state index is -0.0545. The molecular weight excluding hydrogens is 342 g/mol. The van der Waals surface area contributed by atoms with E-state index in [2.05, 4.69) is 4.98 Å². The Bertz CT molecular complexity index is 810. The lowest BCUT2D eigenvalue weighted by Gasteiger charge is -2.35. The lowest BCUT2D eigenvalue weighted by molar-refractivity contribution is -0.140. The summed E-state index contributed by atoms with van der Waals surface area (Å²) in [5.41, 5.74) is 1.49. The topological polar surface area (TPSA) is 66.7 Å². The first kappa shape index (κ1) is 17.8. The van der Waals surface area contributed by atoms with Crippen molar-refractivity contribution in [2.75, 3.05) is 26.2 Å². The third-order valence-electron chi connectivity index (χ3n) is 5.50. The maximum atomic E-state index is 12.6. The van der Waals surface area contributed by atoms with Gasteiger partial charge in [-0.05, 0) is 44.2 Å². The zero-order valence-electron chi connectivity index (χ0n) is 15.5. The molecule has 0 radical (unpaired) electrons. The number of aromatic nitrogens is 1. The predicted molar refractivity (Wildman–Crippen MR) is 103 cm³/mol. The largest absolute Gasteiger partial charge is 0.437 e. The van der Waals surface area contributed by atoms with E-state index < -0.39 is 0 Å². The van der Waals surface area contributed by atoms with Crippen LogP contribution in [0.3, 0.4) is 0 Å². The number of amides is 2. The van der Waals surface area contributed by atoms with E-state index in [-0.39, 0.29) is 17.7 Å². The molecule has 142 valence electrons. The number of likely N-dealkylation sites (tertiary alicyclic amines) is 2. The van der Waals surface area contributed by atoms with Crippen LogP contribution in [-0.2, 0) is 9.59 Å². The minimum absolute atomic E-state index is 0.0545. The highest BCUT2D eigenvalue weighted by Crippen LogP contribution is 2.22. The predicted octanol–water partition coefficient (Wildman–Crippen LogP) is 3.09. The van der Waals surface area contributed by atoms with Gasteiger partial charge in [-0.25, -0.2) is 4.98 Å². The van der Waals surface area contributed by atoms with Crippen LogP contribution in [0.5, 0.6) is 0 Å². The number of nitrogens with zero attached hydrogens (tertiary/aromatic N) is 3. The van der Waals surface area contributed by atoms with Gasteiger partial charge in [0.25, 0.3) is 0 Å². The fraction of sp³-hybridized carbons (Fsp3) is 0.476. The molecular formula is C21H25N3O3. The number of fused-ring (bicyclic) bond motifs is 1. The summed E-state index contributed by atoms with van der Waals surface area (Å²) in [6.07, 6.45) is 8.08. The Morgan fingerprint density at radius 1 is 1.00 bits per heavy atom. The lowest BCUT2D eigenvalue weighted by atomic mass is 9.94. The second-order valence-corrected chi connectivity index (χ2v) is 7.34. The molecule has 0 aliphatic carbocycles. The maximum absolute atomic E-state index is 12.6. The zero-order chi connectivity index (χ0) is 18.6. The van der Waals surface area contributed by atoms with Gasteiger partial charge in [-0.3, -0.25) is 9.59 Å². The number of benzene rings is 1. The molecule has 2 fully saturated rings. The van der Waals surface area contributed by atoms with Crippen molar-refractivity contribution < 1.29 is 14.0 Å². The van der Waals surface area contributed by atoms with Crippen molar-refractivity contribution in [2.24, 2.45) is 5.92 Å². The number of carbonyl (C=O) groups excluding carboxylic acids is 2. The minimum Gasteiger partial charge on any atom is -0.437 e. The van der Waals surface area contributed by atoms with Gasteiger partial charge in [-0.1, -0.05) is 12.1 Å². The monoisotopic (exact) mass is 367 g/mol. The van der Waals surface area contributed by atoms with Gasteiger partial charge in [0, 0.05) is 44.2 Å². The molecule has 2 aliphatic heterocycles. The SMILES string of the molecule is O=C(/C=C/c1nc2ccccc2o1)N1CCC(C(=O)N2CCCCC2)CC1.